The third-order valence-corrected chi connectivity index (χ3v) is 4.34. The molecule has 0 aliphatic carbocycles. The first-order valence-corrected chi connectivity index (χ1v) is 8.51. The summed E-state index contributed by atoms with van der Waals surface area (Å²) in [5.41, 5.74) is 5.90. The second-order valence-corrected chi connectivity index (χ2v) is 6.53. The van der Waals surface area contributed by atoms with Crippen molar-refractivity contribution >= 4 is 23.2 Å². The van der Waals surface area contributed by atoms with Gasteiger partial charge in [-0.2, -0.15) is 0 Å². The van der Waals surface area contributed by atoms with Gasteiger partial charge in [0.1, 0.15) is 0 Å². The molecule has 0 fully saturated rings. The molecule has 0 unspecified atom stereocenters. The van der Waals surface area contributed by atoms with Crippen LogP contribution in [-0.4, -0.2) is 18.4 Å². The lowest BCUT2D eigenvalue weighted by Crippen LogP contribution is -2.32. The minimum absolute atomic E-state index is 0.0615. The van der Waals surface area contributed by atoms with Gasteiger partial charge in [0, 0.05) is 31.3 Å². The maximum atomic E-state index is 12.4. The zero-order chi connectivity index (χ0) is 18.6. The normalized spacial score (nSPS) is 10.4. The van der Waals surface area contributed by atoms with E-state index in [2.05, 4.69) is 5.32 Å². The Morgan fingerprint density at radius 1 is 0.960 bits per heavy atom. The van der Waals surface area contributed by atoms with Gasteiger partial charge in [-0.05, 0) is 56.0 Å². The number of aryl methyl sites for hydroxylation is 4. The molecule has 2 aromatic carbocycles. The van der Waals surface area contributed by atoms with Crippen LogP contribution in [0.1, 0.15) is 35.6 Å². The lowest BCUT2D eigenvalue weighted by molar-refractivity contribution is -0.117. The molecule has 0 aromatic heterocycles. The fraction of sp³-hybridized carbons (Fsp3) is 0.333. The topological polar surface area (TPSA) is 49.4 Å². The highest BCUT2D eigenvalue weighted by atomic mass is 16.2. The first kappa shape index (κ1) is 18.7. The van der Waals surface area contributed by atoms with Crippen molar-refractivity contribution in [1.82, 2.24) is 0 Å². The zero-order valence-electron chi connectivity index (χ0n) is 15.6. The van der Waals surface area contributed by atoms with E-state index in [1.54, 1.807) is 4.90 Å². The largest absolute Gasteiger partial charge is 0.326 e. The quantitative estimate of drug-likeness (QED) is 0.883. The Labute approximate surface area is 149 Å². The lowest BCUT2D eigenvalue weighted by atomic mass is 10.1. The maximum absolute atomic E-state index is 12.4. The second-order valence-electron chi connectivity index (χ2n) is 6.53. The van der Waals surface area contributed by atoms with Gasteiger partial charge in [-0.25, -0.2) is 0 Å². The van der Waals surface area contributed by atoms with Crippen LogP contribution < -0.4 is 10.2 Å². The van der Waals surface area contributed by atoms with E-state index in [1.165, 1.54) is 6.92 Å². The highest BCUT2D eigenvalue weighted by Gasteiger charge is 2.16. The summed E-state index contributed by atoms with van der Waals surface area (Å²) < 4.78 is 0. The molecule has 0 saturated carbocycles. The van der Waals surface area contributed by atoms with Crippen molar-refractivity contribution in [2.24, 2.45) is 0 Å². The molecule has 132 valence electrons. The highest BCUT2D eigenvalue weighted by molar-refractivity contribution is 5.96. The molecule has 0 spiro atoms. The third kappa shape index (κ3) is 4.69. The predicted molar refractivity (Wildman–Crippen MR) is 103 cm³/mol. The van der Waals surface area contributed by atoms with Crippen molar-refractivity contribution in [3.8, 4) is 0 Å². The van der Waals surface area contributed by atoms with Crippen LogP contribution in [-0.2, 0) is 9.59 Å². The van der Waals surface area contributed by atoms with Gasteiger partial charge in [-0.15, -0.1) is 0 Å². The maximum Gasteiger partial charge on any atom is 0.226 e. The standard InChI is InChI=1S/C21H26N2O2/c1-14-9-10-15(2)19(13-14)23(18(5)24)12-11-20(25)22-21-16(3)7-6-8-17(21)4/h6-10,13H,11-12H2,1-5H3,(H,22,25). The molecule has 2 aromatic rings. The Balaban J connectivity index is 2.10. The number of amides is 2. The molecule has 0 aliphatic heterocycles. The Bertz CT molecular complexity index is 776. The smallest absolute Gasteiger partial charge is 0.226 e. The second kappa shape index (κ2) is 7.97. The van der Waals surface area contributed by atoms with Crippen LogP contribution in [0.25, 0.3) is 0 Å². The van der Waals surface area contributed by atoms with Crippen molar-refractivity contribution in [3.63, 3.8) is 0 Å². The monoisotopic (exact) mass is 338 g/mol. The summed E-state index contributed by atoms with van der Waals surface area (Å²) in [6.07, 6.45) is 0.251. The van der Waals surface area contributed by atoms with Gasteiger partial charge in [-0.1, -0.05) is 30.3 Å². The van der Waals surface area contributed by atoms with Crippen molar-refractivity contribution in [2.75, 3.05) is 16.8 Å². The summed E-state index contributed by atoms with van der Waals surface area (Å²) in [5, 5.41) is 2.97. The SMILES string of the molecule is CC(=O)N(CCC(=O)Nc1c(C)cccc1C)c1cc(C)ccc1C. The van der Waals surface area contributed by atoms with Gasteiger partial charge in [0.05, 0.1) is 0 Å². The highest BCUT2D eigenvalue weighted by Crippen LogP contribution is 2.23. The molecule has 4 nitrogen and oxygen atoms in total. The van der Waals surface area contributed by atoms with Gasteiger partial charge in [0.2, 0.25) is 11.8 Å². The molecule has 0 aliphatic rings. The van der Waals surface area contributed by atoms with E-state index in [4.69, 9.17) is 0 Å². The molecule has 0 atom stereocenters. The molecule has 2 amide bonds. The van der Waals surface area contributed by atoms with E-state index in [9.17, 15) is 9.59 Å². The summed E-state index contributed by atoms with van der Waals surface area (Å²) in [5.74, 6) is -0.150. The number of nitrogens with zero attached hydrogens (tertiary/aromatic N) is 1. The third-order valence-electron chi connectivity index (χ3n) is 4.34. The van der Waals surface area contributed by atoms with Crippen LogP contribution in [0.4, 0.5) is 11.4 Å². The van der Waals surface area contributed by atoms with Crippen molar-refractivity contribution in [1.29, 1.82) is 0 Å². The number of carbonyl (C=O) groups excluding carboxylic acids is 2. The molecule has 0 saturated heterocycles. The van der Waals surface area contributed by atoms with Gasteiger partial charge < -0.3 is 10.2 Å². The van der Waals surface area contributed by atoms with E-state index in [-0.39, 0.29) is 18.2 Å². The fourth-order valence-corrected chi connectivity index (χ4v) is 2.88. The van der Waals surface area contributed by atoms with Crippen LogP contribution in [0.3, 0.4) is 0 Å². The molecule has 0 bridgehead atoms. The molecular formula is C21H26N2O2. The van der Waals surface area contributed by atoms with Crippen LogP contribution in [0.2, 0.25) is 0 Å². The van der Waals surface area contributed by atoms with Crippen LogP contribution in [0, 0.1) is 27.7 Å². The zero-order valence-corrected chi connectivity index (χ0v) is 15.6. The Morgan fingerprint density at radius 2 is 1.60 bits per heavy atom. The van der Waals surface area contributed by atoms with Crippen molar-refractivity contribution in [3.05, 3.63) is 58.7 Å². The van der Waals surface area contributed by atoms with E-state index < -0.39 is 0 Å². The number of hydrogen-bond donors (Lipinski definition) is 1. The number of hydrogen-bond acceptors (Lipinski definition) is 2. The van der Waals surface area contributed by atoms with Crippen molar-refractivity contribution in [2.45, 2.75) is 41.0 Å². The Kier molecular flexibility index (Phi) is 5.97. The number of carbonyl (C=O) groups is 2. The van der Waals surface area contributed by atoms with E-state index in [0.29, 0.717) is 6.54 Å². The van der Waals surface area contributed by atoms with Gasteiger partial charge >= 0.3 is 0 Å². The Hall–Kier alpha value is -2.62. The van der Waals surface area contributed by atoms with Crippen LogP contribution >= 0.6 is 0 Å². The molecule has 2 rings (SSSR count). The van der Waals surface area contributed by atoms with E-state index in [1.807, 2.05) is 64.1 Å². The van der Waals surface area contributed by atoms with Gasteiger partial charge in [0.15, 0.2) is 0 Å². The summed E-state index contributed by atoms with van der Waals surface area (Å²) in [6.45, 7) is 9.80. The minimum atomic E-state index is -0.0889. The molecule has 4 heteroatoms. The molecule has 25 heavy (non-hydrogen) atoms. The van der Waals surface area contributed by atoms with Crippen LogP contribution in [0.5, 0.6) is 0 Å². The first-order valence-electron chi connectivity index (χ1n) is 8.51. The number of para-hydroxylation sites is 1. The average molecular weight is 338 g/mol. The Morgan fingerprint density at radius 3 is 2.20 bits per heavy atom. The van der Waals surface area contributed by atoms with E-state index >= 15 is 0 Å². The van der Waals surface area contributed by atoms with Crippen molar-refractivity contribution < 1.29 is 9.59 Å². The van der Waals surface area contributed by atoms with Gasteiger partial charge in [-0.3, -0.25) is 9.59 Å². The minimum Gasteiger partial charge on any atom is -0.326 e. The molecule has 0 heterocycles. The molecule has 0 radical (unpaired) electrons. The van der Waals surface area contributed by atoms with Gasteiger partial charge in [0.25, 0.3) is 0 Å². The number of nitrogens with one attached hydrogen (secondary N) is 1. The summed E-state index contributed by atoms with van der Waals surface area (Å²) in [4.78, 5) is 26.1. The molecular weight excluding hydrogens is 312 g/mol. The van der Waals surface area contributed by atoms with Crippen LogP contribution in [0.15, 0.2) is 36.4 Å². The summed E-state index contributed by atoms with van der Waals surface area (Å²) in [7, 11) is 0. The summed E-state index contributed by atoms with van der Waals surface area (Å²) in [6, 6.07) is 11.9. The number of rotatable bonds is 5. The average Bonchev–Trinajstić information content (AvgIpc) is 2.54. The lowest BCUT2D eigenvalue weighted by Gasteiger charge is -2.23. The molecule has 1 N–H and O–H groups in total. The fourth-order valence-electron chi connectivity index (χ4n) is 2.88. The number of anilines is 2. The van der Waals surface area contributed by atoms with E-state index in [0.717, 1.165) is 33.6 Å². The predicted octanol–water partition coefficient (Wildman–Crippen LogP) is 4.30. The summed E-state index contributed by atoms with van der Waals surface area (Å²) >= 11 is 0. The number of benzene rings is 2. The first-order chi connectivity index (χ1) is 11.8.